The zero-order chi connectivity index (χ0) is 14.1. The van der Waals surface area contributed by atoms with Gasteiger partial charge in [0.2, 0.25) is 5.88 Å². The molecule has 1 fully saturated rings. The van der Waals surface area contributed by atoms with Crippen molar-refractivity contribution in [1.29, 1.82) is 0 Å². The van der Waals surface area contributed by atoms with Gasteiger partial charge in [0.05, 0.1) is 12.5 Å². The number of halogens is 1. The molecule has 1 saturated heterocycles. The molecule has 0 aliphatic carbocycles. The summed E-state index contributed by atoms with van der Waals surface area (Å²) in [6.07, 6.45) is 2.55. The Morgan fingerprint density at radius 2 is 2.35 bits per heavy atom. The molecule has 6 heteroatoms. The third-order valence-corrected chi connectivity index (χ3v) is 5.15. The van der Waals surface area contributed by atoms with Crippen molar-refractivity contribution in [2.75, 3.05) is 12.9 Å². The predicted octanol–water partition coefficient (Wildman–Crippen LogP) is 3.64. The van der Waals surface area contributed by atoms with Gasteiger partial charge in [-0.3, -0.25) is 0 Å². The minimum atomic E-state index is -0.124. The van der Waals surface area contributed by atoms with E-state index in [1.54, 1.807) is 7.11 Å². The fourth-order valence-electron chi connectivity index (χ4n) is 2.59. The molecule has 2 unspecified atom stereocenters. The molecular weight excluding hydrogens is 294 g/mol. The number of aromatic nitrogens is 3. The number of ether oxygens (including phenoxy) is 1. The van der Waals surface area contributed by atoms with Crippen LogP contribution in [0.2, 0.25) is 0 Å². The first-order valence-electron chi connectivity index (χ1n) is 6.86. The van der Waals surface area contributed by atoms with Gasteiger partial charge in [-0.25, -0.2) is 4.98 Å². The highest BCUT2D eigenvalue weighted by Gasteiger charge is 2.22. The van der Waals surface area contributed by atoms with E-state index in [0.717, 1.165) is 23.5 Å². The summed E-state index contributed by atoms with van der Waals surface area (Å²) >= 11 is 8.32. The van der Waals surface area contributed by atoms with E-state index in [4.69, 9.17) is 16.3 Å². The Balaban J connectivity index is 2.06. The summed E-state index contributed by atoms with van der Waals surface area (Å²) in [6.45, 7) is 2.88. The number of imidazole rings is 1. The molecule has 0 saturated carbocycles. The highest BCUT2D eigenvalue weighted by Crippen LogP contribution is 2.31. The number of rotatable bonds is 4. The monoisotopic (exact) mass is 311 g/mol. The molecule has 3 rings (SSSR count). The molecule has 20 heavy (non-hydrogen) atoms. The van der Waals surface area contributed by atoms with Gasteiger partial charge in [0.15, 0.2) is 5.65 Å². The van der Waals surface area contributed by atoms with Crippen LogP contribution >= 0.6 is 23.4 Å². The van der Waals surface area contributed by atoms with Crippen molar-refractivity contribution in [1.82, 2.24) is 14.5 Å². The second-order valence-corrected chi connectivity index (χ2v) is 7.09. The zero-order valence-corrected chi connectivity index (χ0v) is 13.2. The van der Waals surface area contributed by atoms with Crippen LogP contribution in [-0.4, -0.2) is 32.6 Å². The van der Waals surface area contributed by atoms with Gasteiger partial charge in [-0.2, -0.15) is 16.7 Å². The van der Waals surface area contributed by atoms with E-state index in [-0.39, 0.29) is 5.38 Å². The van der Waals surface area contributed by atoms with Crippen molar-refractivity contribution in [2.45, 2.75) is 36.9 Å². The van der Waals surface area contributed by atoms with Crippen LogP contribution in [-0.2, 0) is 6.54 Å². The van der Waals surface area contributed by atoms with E-state index in [9.17, 15) is 0 Å². The van der Waals surface area contributed by atoms with Crippen LogP contribution in [0.15, 0.2) is 12.1 Å². The molecule has 1 aliphatic heterocycles. The first kappa shape index (κ1) is 14.0. The number of hydrogen-bond donors (Lipinski definition) is 0. The first-order chi connectivity index (χ1) is 9.69. The lowest BCUT2D eigenvalue weighted by molar-refractivity contribution is 0.399. The van der Waals surface area contributed by atoms with E-state index in [0.29, 0.717) is 11.1 Å². The highest BCUT2D eigenvalue weighted by molar-refractivity contribution is 8.00. The molecule has 3 heterocycles. The van der Waals surface area contributed by atoms with E-state index in [1.807, 2.05) is 30.8 Å². The molecule has 4 nitrogen and oxygen atoms in total. The molecule has 2 aromatic rings. The second kappa shape index (κ2) is 5.82. The lowest BCUT2D eigenvalue weighted by atomic mass is 10.2. The maximum Gasteiger partial charge on any atom is 0.215 e. The smallest absolute Gasteiger partial charge is 0.215 e. The standard InChI is InChI=1S/C14H18ClN3OS/c1-9(15)13-16-11-5-6-12(19-2)17-14(11)18(13)8-10-4-3-7-20-10/h5-6,9-10H,3-4,7-8H2,1-2H3. The van der Waals surface area contributed by atoms with Crippen molar-refractivity contribution in [2.24, 2.45) is 0 Å². The molecule has 0 aromatic carbocycles. The molecule has 0 spiro atoms. The Kier molecular flexibility index (Phi) is 4.08. The highest BCUT2D eigenvalue weighted by atomic mass is 35.5. The number of alkyl halides is 1. The van der Waals surface area contributed by atoms with Gasteiger partial charge in [0, 0.05) is 17.9 Å². The third-order valence-electron chi connectivity index (χ3n) is 3.57. The van der Waals surface area contributed by atoms with Crippen LogP contribution in [0.4, 0.5) is 0 Å². The summed E-state index contributed by atoms with van der Waals surface area (Å²) in [4.78, 5) is 9.18. The summed E-state index contributed by atoms with van der Waals surface area (Å²) in [5.74, 6) is 2.77. The van der Waals surface area contributed by atoms with Gasteiger partial charge >= 0.3 is 0 Å². The Morgan fingerprint density at radius 1 is 1.50 bits per heavy atom. The Labute approximate surface area is 127 Å². The molecule has 0 bridgehead atoms. The van der Waals surface area contributed by atoms with Gasteiger partial charge in [-0.05, 0) is 31.6 Å². The molecule has 0 N–H and O–H groups in total. The molecule has 1 aliphatic rings. The summed E-state index contributed by atoms with van der Waals surface area (Å²) in [5, 5.41) is 0.510. The van der Waals surface area contributed by atoms with Crippen LogP contribution in [0.1, 0.15) is 31.0 Å². The van der Waals surface area contributed by atoms with E-state index < -0.39 is 0 Å². The zero-order valence-electron chi connectivity index (χ0n) is 11.7. The number of pyridine rings is 1. The van der Waals surface area contributed by atoms with Crippen molar-refractivity contribution >= 4 is 34.5 Å². The van der Waals surface area contributed by atoms with Crippen LogP contribution in [0.3, 0.4) is 0 Å². The van der Waals surface area contributed by atoms with Gasteiger partial charge < -0.3 is 9.30 Å². The Hall–Kier alpha value is -0.940. The first-order valence-corrected chi connectivity index (χ1v) is 8.34. The molecule has 2 atom stereocenters. The Morgan fingerprint density at radius 3 is 3.00 bits per heavy atom. The number of nitrogens with zero attached hydrogens (tertiary/aromatic N) is 3. The maximum atomic E-state index is 6.29. The van der Waals surface area contributed by atoms with Crippen LogP contribution in [0.5, 0.6) is 5.88 Å². The lowest BCUT2D eigenvalue weighted by Gasteiger charge is -2.14. The maximum absolute atomic E-state index is 6.29. The number of methoxy groups -OCH3 is 1. The third kappa shape index (κ3) is 2.61. The van der Waals surface area contributed by atoms with Gasteiger partial charge in [-0.15, -0.1) is 11.6 Å². The van der Waals surface area contributed by atoms with Gasteiger partial charge in [0.25, 0.3) is 0 Å². The predicted molar refractivity (Wildman–Crippen MR) is 83.8 cm³/mol. The van der Waals surface area contributed by atoms with E-state index in [2.05, 4.69) is 14.5 Å². The number of hydrogen-bond acceptors (Lipinski definition) is 4. The topological polar surface area (TPSA) is 39.9 Å². The van der Waals surface area contributed by atoms with E-state index in [1.165, 1.54) is 18.6 Å². The van der Waals surface area contributed by atoms with Crippen LogP contribution in [0.25, 0.3) is 11.2 Å². The summed E-state index contributed by atoms with van der Waals surface area (Å²) in [7, 11) is 1.63. The molecule has 0 amide bonds. The van der Waals surface area contributed by atoms with Crippen LogP contribution < -0.4 is 4.74 Å². The van der Waals surface area contributed by atoms with Gasteiger partial charge in [0.1, 0.15) is 11.3 Å². The van der Waals surface area contributed by atoms with Crippen molar-refractivity contribution in [3.8, 4) is 5.88 Å². The summed E-state index contributed by atoms with van der Waals surface area (Å²) in [5.41, 5.74) is 1.76. The number of fused-ring (bicyclic) bond motifs is 1. The SMILES string of the molecule is COc1ccc2nc(C(C)Cl)n(CC3CCCS3)c2n1. The fraction of sp³-hybridized carbons (Fsp3) is 0.571. The van der Waals surface area contributed by atoms with Crippen molar-refractivity contribution in [3.63, 3.8) is 0 Å². The summed E-state index contributed by atoms with van der Waals surface area (Å²) < 4.78 is 7.39. The Bertz CT molecular complexity index is 608. The summed E-state index contributed by atoms with van der Waals surface area (Å²) in [6, 6.07) is 3.79. The lowest BCUT2D eigenvalue weighted by Crippen LogP contribution is -2.13. The van der Waals surface area contributed by atoms with Crippen molar-refractivity contribution in [3.05, 3.63) is 18.0 Å². The van der Waals surface area contributed by atoms with E-state index >= 15 is 0 Å². The molecular formula is C14H18ClN3OS. The average Bonchev–Trinajstić information content (AvgIpc) is 3.07. The molecule has 108 valence electrons. The minimum Gasteiger partial charge on any atom is -0.481 e. The average molecular weight is 312 g/mol. The van der Waals surface area contributed by atoms with Crippen LogP contribution in [0, 0.1) is 0 Å². The fourth-order valence-corrected chi connectivity index (χ4v) is 4.01. The quantitative estimate of drug-likeness (QED) is 0.808. The normalized spacial score (nSPS) is 20.4. The molecule has 2 aromatic heterocycles. The second-order valence-electron chi connectivity index (χ2n) is 5.03. The van der Waals surface area contributed by atoms with Crippen molar-refractivity contribution < 1.29 is 4.74 Å². The molecule has 0 radical (unpaired) electrons. The largest absolute Gasteiger partial charge is 0.481 e. The van der Waals surface area contributed by atoms with Gasteiger partial charge in [-0.1, -0.05) is 0 Å². The minimum absolute atomic E-state index is 0.124. The number of thioether (sulfide) groups is 1.